The number of rotatable bonds is 3. The fraction of sp³-hybridized carbons (Fsp3) is 0.632. The summed E-state index contributed by atoms with van der Waals surface area (Å²) in [6, 6.07) is 6.62. The van der Waals surface area contributed by atoms with Crippen LogP contribution in [-0.4, -0.2) is 49.4 Å². The van der Waals surface area contributed by atoms with Gasteiger partial charge in [-0.05, 0) is 43.9 Å². The van der Waals surface area contributed by atoms with Crippen LogP contribution in [0.2, 0.25) is 0 Å². The molecule has 0 bridgehead atoms. The zero-order valence-electron chi connectivity index (χ0n) is 14.7. The van der Waals surface area contributed by atoms with Gasteiger partial charge in [-0.25, -0.2) is 4.79 Å². The molecule has 132 valence electrons. The molecule has 1 aromatic rings. The molecule has 0 saturated carbocycles. The van der Waals surface area contributed by atoms with Gasteiger partial charge in [0.25, 0.3) is 0 Å². The summed E-state index contributed by atoms with van der Waals surface area (Å²) < 4.78 is 11.5. The topological polar surface area (TPSA) is 50.8 Å². The molecular formula is C19H28N2O3. The smallest absolute Gasteiger partial charge is 0.317 e. The number of aryl methyl sites for hydroxylation is 2. The molecule has 3 rings (SSSR count). The van der Waals surface area contributed by atoms with Crippen LogP contribution in [-0.2, 0) is 4.74 Å². The van der Waals surface area contributed by atoms with E-state index >= 15 is 0 Å². The van der Waals surface area contributed by atoms with Crippen LogP contribution < -0.4 is 10.1 Å². The van der Waals surface area contributed by atoms with Gasteiger partial charge < -0.3 is 19.7 Å². The Kier molecular flexibility index (Phi) is 5.61. The van der Waals surface area contributed by atoms with Gasteiger partial charge in [0.1, 0.15) is 11.9 Å². The predicted molar refractivity (Wildman–Crippen MR) is 93.5 cm³/mol. The number of nitrogens with one attached hydrogen (secondary N) is 1. The van der Waals surface area contributed by atoms with Crippen molar-refractivity contribution in [1.82, 2.24) is 10.2 Å². The highest BCUT2D eigenvalue weighted by Crippen LogP contribution is 2.24. The standard InChI is InChI=1S/C19H28N2O3/c1-14-3-4-15(2)18(13-14)24-17-5-9-21(10-6-17)19(22)20-16-7-11-23-12-8-16/h3-4,13,16-17H,5-12H2,1-2H3,(H,20,22). The summed E-state index contributed by atoms with van der Waals surface area (Å²) in [6.45, 7) is 7.16. The summed E-state index contributed by atoms with van der Waals surface area (Å²) in [5.74, 6) is 0.972. The Bertz CT molecular complexity index is 562. The average molecular weight is 332 g/mol. The number of likely N-dealkylation sites (tertiary alicyclic amines) is 1. The summed E-state index contributed by atoms with van der Waals surface area (Å²) in [4.78, 5) is 14.3. The molecule has 24 heavy (non-hydrogen) atoms. The Morgan fingerprint density at radius 2 is 1.88 bits per heavy atom. The number of hydrogen-bond donors (Lipinski definition) is 1. The average Bonchev–Trinajstić information content (AvgIpc) is 2.60. The lowest BCUT2D eigenvalue weighted by Crippen LogP contribution is -2.50. The molecule has 0 spiro atoms. The van der Waals surface area contributed by atoms with Gasteiger partial charge in [-0.2, -0.15) is 0 Å². The number of carbonyl (C=O) groups excluding carboxylic acids is 1. The maximum atomic E-state index is 12.4. The summed E-state index contributed by atoms with van der Waals surface area (Å²) >= 11 is 0. The van der Waals surface area contributed by atoms with Crippen molar-refractivity contribution in [1.29, 1.82) is 0 Å². The van der Waals surface area contributed by atoms with Crippen molar-refractivity contribution in [2.45, 2.75) is 51.7 Å². The third-order valence-electron chi connectivity index (χ3n) is 4.92. The first-order valence-corrected chi connectivity index (χ1v) is 8.99. The monoisotopic (exact) mass is 332 g/mol. The number of hydrogen-bond acceptors (Lipinski definition) is 3. The van der Waals surface area contributed by atoms with Gasteiger partial charge in [-0.1, -0.05) is 12.1 Å². The van der Waals surface area contributed by atoms with E-state index in [0.29, 0.717) is 0 Å². The number of amides is 2. The highest BCUT2D eigenvalue weighted by atomic mass is 16.5. The number of urea groups is 1. The van der Waals surface area contributed by atoms with E-state index in [1.54, 1.807) is 0 Å². The lowest BCUT2D eigenvalue weighted by atomic mass is 10.1. The first-order chi connectivity index (χ1) is 11.6. The number of carbonyl (C=O) groups is 1. The first-order valence-electron chi connectivity index (χ1n) is 8.99. The maximum Gasteiger partial charge on any atom is 0.317 e. The Labute approximate surface area is 144 Å². The van der Waals surface area contributed by atoms with Crippen molar-refractivity contribution in [3.8, 4) is 5.75 Å². The number of piperidine rings is 1. The van der Waals surface area contributed by atoms with Crippen LogP contribution >= 0.6 is 0 Å². The van der Waals surface area contributed by atoms with Crippen LogP contribution in [0.25, 0.3) is 0 Å². The Morgan fingerprint density at radius 1 is 1.17 bits per heavy atom. The summed E-state index contributed by atoms with van der Waals surface area (Å²) in [5, 5.41) is 3.14. The molecule has 0 atom stereocenters. The van der Waals surface area contributed by atoms with Gasteiger partial charge in [-0.15, -0.1) is 0 Å². The van der Waals surface area contributed by atoms with Crippen molar-refractivity contribution in [3.05, 3.63) is 29.3 Å². The highest BCUT2D eigenvalue weighted by Gasteiger charge is 2.26. The molecule has 2 aliphatic rings. The molecule has 5 nitrogen and oxygen atoms in total. The summed E-state index contributed by atoms with van der Waals surface area (Å²) in [6.07, 6.45) is 3.79. The molecule has 1 N–H and O–H groups in total. The van der Waals surface area contributed by atoms with Crippen LogP contribution in [0.5, 0.6) is 5.75 Å². The minimum absolute atomic E-state index is 0.0621. The molecule has 2 saturated heterocycles. The molecule has 0 radical (unpaired) electrons. The summed E-state index contributed by atoms with van der Waals surface area (Å²) in [5.41, 5.74) is 2.38. The predicted octanol–water partition coefficient (Wildman–Crippen LogP) is 3.04. The van der Waals surface area contributed by atoms with E-state index in [4.69, 9.17) is 9.47 Å². The molecule has 1 aromatic carbocycles. The molecule has 2 fully saturated rings. The van der Waals surface area contributed by atoms with Crippen LogP contribution in [0.15, 0.2) is 18.2 Å². The molecule has 2 amide bonds. The van der Waals surface area contributed by atoms with Crippen LogP contribution in [0.1, 0.15) is 36.8 Å². The number of benzene rings is 1. The maximum absolute atomic E-state index is 12.4. The Balaban J connectivity index is 1.46. The summed E-state index contributed by atoms with van der Waals surface area (Å²) in [7, 11) is 0. The molecule has 5 heteroatoms. The van der Waals surface area contributed by atoms with Gasteiger partial charge in [0.05, 0.1) is 0 Å². The first kappa shape index (κ1) is 17.1. The molecule has 0 aliphatic carbocycles. The second-order valence-corrected chi connectivity index (χ2v) is 6.91. The Hall–Kier alpha value is -1.75. The van der Waals surface area contributed by atoms with Crippen molar-refractivity contribution in [2.24, 2.45) is 0 Å². The molecule has 0 unspecified atom stereocenters. The van der Waals surface area contributed by atoms with Crippen LogP contribution in [0.3, 0.4) is 0 Å². The van der Waals surface area contributed by atoms with E-state index in [-0.39, 0.29) is 18.2 Å². The molecule has 2 heterocycles. The molecule has 2 aliphatic heterocycles. The van der Waals surface area contributed by atoms with Crippen LogP contribution in [0, 0.1) is 13.8 Å². The van der Waals surface area contributed by atoms with Gasteiger partial charge in [0, 0.05) is 45.2 Å². The van der Waals surface area contributed by atoms with Crippen molar-refractivity contribution >= 4 is 6.03 Å². The quantitative estimate of drug-likeness (QED) is 0.925. The highest BCUT2D eigenvalue weighted by molar-refractivity contribution is 5.74. The molecule has 0 aromatic heterocycles. The number of nitrogens with zero attached hydrogens (tertiary/aromatic N) is 1. The van der Waals surface area contributed by atoms with E-state index < -0.39 is 0 Å². The Morgan fingerprint density at radius 3 is 2.58 bits per heavy atom. The third kappa shape index (κ3) is 4.41. The van der Waals surface area contributed by atoms with Gasteiger partial charge in [0.15, 0.2) is 0 Å². The lowest BCUT2D eigenvalue weighted by molar-refractivity contribution is 0.0746. The van der Waals surface area contributed by atoms with Gasteiger partial charge in [0.2, 0.25) is 0 Å². The lowest BCUT2D eigenvalue weighted by Gasteiger charge is -2.34. The minimum atomic E-state index is 0.0621. The largest absolute Gasteiger partial charge is 0.490 e. The second kappa shape index (κ2) is 7.88. The van der Waals surface area contributed by atoms with E-state index in [2.05, 4.69) is 37.4 Å². The van der Waals surface area contributed by atoms with Gasteiger partial charge >= 0.3 is 6.03 Å². The minimum Gasteiger partial charge on any atom is -0.490 e. The van der Waals surface area contributed by atoms with E-state index in [0.717, 1.165) is 57.7 Å². The van der Waals surface area contributed by atoms with Crippen LogP contribution in [0.4, 0.5) is 4.79 Å². The number of ether oxygens (including phenoxy) is 2. The van der Waals surface area contributed by atoms with Crippen molar-refractivity contribution in [2.75, 3.05) is 26.3 Å². The van der Waals surface area contributed by atoms with E-state index in [1.165, 1.54) is 11.1 Å². The normalized spacial score (nSPS) is 20.0. The SMILES string of the molecule is Cc1ccc(C)c(OC2CCN(C(=O)NC3CCOCC3)CC2)c1. The fourth-order valence-electron chi connectivity index (χ4n) is 3.30. The molecular weight excluding hydrogens is 304 g/mol. The zero-order valence-corrected chi connectivity index (χ0v) is 14.7. The third-order valence-corrected chi connectivity index (χ3v) is 4.92. The van der Waals surface area contributed by atoms with Crippen molar-refractivity contribution in [3.63, 3.8) is 0 Å². The van der Waals surface area contributed by atoms with Crippen molar-refractivity contribution < 1.29 is 14.3 Å². The van der Waals surface area contributed by atoms with E-state index in [9.17, 15) is 4.79 Å². The zero-order chi connectivity index (χ0) is 16.9. The van der Waals surface area contributed by atoms with Gasteiger partial charge in [-0.3, -0.25) is 0 Å². The second-order valence-electron chi connectivity index (χ2n) is 6.91. The van der Waals surface area contributed by atoms with E-state index in [1.807, 2.05) is 4.90 Å². The fourth-order valence-corrected chi connectivity index (χ4v) is 3.30.